The molecule has 0 aliphatic rings. The summed E-state index contributed by atoms with van der Waals surface area (Å²) in [6, 6.07) is 16.4. The van der Waals surface area contributed by atoms with Gasteiger partial charge < -0.3 is 5.32 Å². The molecule has 0 fully saturated rings. The molecular formula is C20H11Cl2N3O3S. The molecule has 144 valence electrons. The van der Waals surface area contributed by atoms with Gasteiger partial charge in [0, 0.05) is 22.7 Å². The summed E-state index contributed by atoms with van der Waals surface area (Å²) in [6.07, 6.45) is 0. The van der Waals surface area contributed by atoms with Crippen molar-refractivity contribution in [2.75, 3.05) is 5.32 Å². The van der Waals surface area contributed by atoms with E-state index >= 15 is 0 Å². The molecule has 1 heterocycles. The molecule has 0 saturated heterocycles. The van der Waals surface area contributed by atoms with E-state index in [1.807, 2.05) is 24.3 Å². The zero-order valence-electron chi connectivity index (χ0n) is 14.6. The molecule has 0 bridgehead atoms. The molecule has 3 aromatic carbocycles. The third-order valence-electron chi connectivity index (χ3n) is 4.16. The van der Waals surface area contributed by atoms with Crippen molar-refractivity contribution in [3.63, 3.8) is 0 Å². The molecule has 0 spiro atoms. The number of carbonyl (C=O) groups is 1. The monoisotopic (exact) mass is 443 g/mol. The first kappa shape index (κ1) is 19.3. The van der Waals surface area contributed by atoms with Crippen molar-refractivity contribution < 1.29 is 9.72 Å². The molecule has 1 N–H and O–H groups in total. The van der Waals surface area contributed by atoms with Crippen LogP contribution in [0, 0.1) is 10.1 Å². The number of thiazole rings is 1. The lowest BCUT2D eigenvalue weighted by molar-refractivity contribution is -0.384. The molecule has 29 heavy (non-hydrogen) atoms. The fourth-order valence-electron chi connectivity index (χ4n) is 2.78. The molecule has 1 amide bonds. The lowest BCUT2D eigenvalue weighted by Crippen LogP contribution is -2.13. The number of halogens is 2. The van der Waals surface area contributed by atoms with Gasteiger partial charge in [-0.05, 0) is 36.4 Å². The average Bonchev–Trinajstić information content (AvgIpc) is 3.13. The molecule has 0 aliphatic heterocycles. The highest BCUT2D eigenvalue weighted by molar-refractivity contribution is 7.21. The van der Waals surface area contributed by atoms with E-state index in [1.165, 1.54) is 23.5 Å². The molecule has 4 rings (SSSR count). The SMILES string of the molecule is O=C(Nc1ccc(Cl)cc1-c1nc2ccccc2s1)c1cc([N+](=O)[O-])ccc1Cl. The van der Waals surface area contributed by atoms with Crippen LogP contribution in [0.15, 0.2) is 60.7 Å². The Balaban J connectivity index is 1.74. The van der Waals surface area contributed by atoms with E-state index in [9.17, 15) is 14.9 Å². The number of anilines is 1. The summed E-state index contributed by atoms with van der Waals surface area (Å²) in [6.45, 7) is 0. The summed E-state index contributed by atoms with van der Waals surface area (Å²) >= 11 is 13.7. The van der Waals surface area contributed by atoms with Gasteiger partial charge in [-0.15, -0.1) is 11.3 Å². The normalized spacial score (nSPS) is 10.8. The quantitative estimate of drug-likeness (QED) is 0.290. The molecule has 6 nitrogen and oxygen atoms in total. The van der Waals surface area contributed by atoms with Gasteiger partial charge in [-0.3, -0.25) is 14.9 Å². The summed E-state index contributed by atoms with van der Waals surface area (Å²) in [5.74, 6) is -0.566. The number of aromatic nitrogens is 1. The van der Waals surface area contributed by atoms with Crippen molar-refractivity contribution in [3.8, 4) is 10.6 Å². The Morgan fingerprint density at radius 2 is 1.86 bits per heavy atom. The van der Waals surface area contributed by atoms with Gasteiger partial charge >= 0.3 is 0 Å². The molecule has 4 aromatic rings. The highest BCUT2D eigenvalue weighted by Crippen LogP contribution is 2.36. The van der Waals surface area contributed by atoms with Crippen molar-refractivity contribution in [2.24, 2.45) is 0 Å². The second-order valence-corrected chi connectivity index (χ2v) is 7.93. The number of benzene rings is 3. The van der Waals surface area contributed by atoms with Gasteiger partial charge in [0.1, 0.15) is 5.01 Å². The van der Waals surface area contributed by atoms with Crippen molar-refractivity contribution in [3.05, 3.63) is 86.4 Å². The van der Waals surface area contributed by atoms with Gasteiger partial charge in [0.2, 0.25) is 0 Å². The number of nitro benzene ring substituents is 1. The van der Waals surface area contributed by atoms with Crippen LogP contribution in [0.3, 0.4) is 0 Å². The van der Waals surface area contributed by atoms with E-state index in [0.29, 0.717) is 21.3 Å². The van der Waals surface area contributed by atoms with Crippen molar-refractivity contribution in [2.45, 2.75) is 0 Å². The Kier molecular flexibility index (Phi) is 5.19. The number of nitro groups is 1. The Labute approximate surface area is 178 Å². The molecule has 0 atom stereocenters. The fraction of sp³-hybridized carbons (Fsp3) is 0. The number of non-ortho nitro benzene ring substituents is 1. The van der Waals surface area contributed by atoms with Gasteiger partial charge in [-0.2, -0.15) is 0 Å². The maximum absolute atomic E-state index is 12.8. The summed E-state index contributed by atoms with van der Waals surface area (Å²) in [5.41, 5.74) is 1.74. The second-order valence-electron chi connectivity index (χ2n) is 6.05. The van der Waals surface area contributed by atoms with Crippen LogP contribution in [0.4, 0.5) is 11.4 Å². The third kappa shape index (κ3) is 3.93. The highest BCUT2D eigenvalue weighted by Gasteiger charge is 2.18. The average molecular weight is 444 g/mol. The smallest absolute Gasteiger partial charge is 0.270 e. The standard InChI is InChI=1S/C20H11Cl2N3O3S/c21-11-5-8-16(14(9-11)20-24-17-3-1-2-4-18(17)29-20)23-19(26)13-10-12(25(27)28)6-7-15(13)22/h1-10H,(H,23,26). The van der Waals surface area contributed by atoms with Crippen molar-refractivity contribution in [1.29, 1.82) is 0 Å². The van der Waals surface area contributed by atoms with Gasteiger partial charge in [-0.25, -0.2) is 4.98 Å². The van der Waals surface area contributed by atoms with Crippen molar-refractivity contribution >= 4 is 62.0 Å². The zero-order valence-corrected chi connectivity index (χ0v) is 16.9. The van der Waals surface area contributed by atoms with Crippen LogP contribution in [0.25, 0.3) is 20.8 Å². The van der Waals surface area contributed by atoms with E-state index in [1.54, 1.807) is 18.2 Å². The van der Waals surface area contributed by atoms with E-state index in [4.69, 9.17) is 23.2 Å². The largest absolute Gasteiger partial charge is 0.321 e. The maximum atomic E-state index is 12.8. The van der Waals surface area contributed by atoms with Crippen molar-refractivity contribution in [1.82, 2.24) is 4.98 Å². The Hall–Kier alpha value is -3.00. The number of hydrogen-bond acceptors (Lipinski definition) is 5. The molecule has 0 aliphatic carbocycles. The number of para-hydroxylation sites is 1. The van der Waals surface area contributed by atoms with Crippen LogP contribution in [0.5, 0.6) is 0 Å². The minimum Gasteiger partial charge on any atom is -0.321 e. The predicted molar refractivity (Wildman–Crippen MR) is 116 cm³/mol. The number of carbonyl (C=O) groups excluding carboxylic acids is 1. The van der Waals surface area contributed by atoms with Crippen LogP contribution in [-0.2, 0) is 0 Å². The summed E-state index contributed by atoms with van der Waals surface area (Å²) in [7, 11) is 0. The zero-order chi connectivity index (χ0) is 20.5. The molecular weight excluding hydrogens is 433 g/mol. The molecule has 9 heteroatoms. The molecule has 1 aromatic heterocycles. The van der Waals surface area contributed by atoms with Crippen LogP contribution in [-0.4, -0.2) is 15.8 Å². The van der Waals surface area contributed by atoms with Crippen LogP contribution in [0.1, 0.15) is 10.4 Å². The first-order chi connectivity index (χ1) is 13.9. The second kappa shape index (κ2) is 7.79. The lowest BCUT2D eigenvalue weighted by atomic mass is 10.1. The number of rotatable bonds is 4. The van der Waals surface area contributed by atoms with Crippen LogP contribution >= 0.6 is 34.5 Å². The predicted octanol–water partition coefficient (Wildman–Crippen LogP) is 6.43. The Morgan fingerprint density at radius 3 is 2.62 bits per heavy atom. The first-order valence-electron chi connectivity index (χ1n) is 8.33. The van der Waals surface area contributed by atoms with Crippen LogP contribution < -0.4 is 5.32 Å². The summed E-state index contributed by atoms with van der Waals surface area (Å²) in [4.78, 5) is 27.8. The van der Waals surface area contributed by atoms with E-state index in [0.717, 1.165) is 16.3 Å². The van der Waals surface area contributed by atoms with Gasteiger partial charge in [0.05, 0.1) is 31.4 Å². The number of hydrogen-bond donors (Lipinski definition) is 1. The summed E-state index contributed by atoms with van der Waals surface area (Å²) in [5, 5.41) is 15.1. The molecule has 0 radical (unpaired) electrons. The van der Waals surface area contributed by atoms with Crippen LogP contribution in [0.2, 0.25) is 10.0 Å². The number of fused-ring (bicyclic) bond motifs is 1. The minimum absolute atomic E-state index is 0.00562. The Morgan fingerprint density at radius 1 is 1.07 bits per heavy atom. The topological polar surface area (TPSA) is 85.1 Å². The lowest BCUT2D eigenvalue weighted by Gasteiger charge is -2.11. The number of nitrogens with one attached hydrogen (secondary N) is 1. The van der Waals surface area contributed by atoms with E-state index < -0.39 is 10.8 Å². The Bertz CT molecular complexity index is 1240. The minimum atomic E-state index is -0.581. The van der Waals surface area contributed by atoms with Gasteiger partial charge in [-0.1, -0.05) is 35.3 Å². The number of amides is 1. The first-order valence-corrected chi connectivity index (χ1v) is 9.90. The fourth-order valence-corrected chi connectivity index (χ4v) is 4.15. The maximum Gasteiger partial charge on any atom is 0.270 e. The van der Waals surface area contributed by atoms with Gasteiger partial charge in [0.25, 0.3) is 11.6 Å². The molecule has 0 unspecified atom stereocenters. The molecule has 0 saturated carbocycles. The third-order valence-corrected chi connectivity index (χ3v) is 5.79. The number of nitrogens with zero attached hydrogens (tertiary/aromatic N) is 2. The van der Waals surface area contributed by atoms with E-state index in [2.05, 4.69) is 10.3 Å². The van der Waals surface area contributed by atoms with E-state index in [-0.39, 0.29) is 16.3 Å². The summed E-state index contributed by atoms with van der Waals surface area (Å²) < 4.78 is 1.00. The van der Waals surface area contributed by atoms with Gasteiger partial charge in [0.15, 0.2) is 0 Å². The highest BCUT2D eigenvalue weighted by atomic mass is 35.5.